The molecular weight excluding hydrogens is 238 g/mol. The number of rotatable bonds is 5. The number of imidazole rings is 1. The van der Waals surface area contributed by atoms with Crippen LogP contribution in [0.15, 0.2) is 12.5 Å². The largest absolute Gasteiger partial charge is 0.378 e. The fourth-order valence-corrected chi connectivity index (χ4v) is 4.22. The summed E-state index contributed by atoms with van der Waals surface area (Å²) in [5.74, 6) is 0. The Morgan fingerprint density at radius 2 is 2.26 bits per heavy atom. The molecule has 0 amide bonds. The normalized spacial score (nSPS) is 29.0. The molecule has 4 heteroatoms. The summed E-state index contributed by atoms with van der Waals surface area (Å²) in [5, 5.41) is 0. The molecule has 2 atom stereocenters. The fraction of sp³-hybridized carbons (Fsp3) is 0.800. The van der Waals surface area contributed by atoms with E-state index in [0.29, 0.717) is 17.6 Å². The van der Waals surface area contributed by atoms with Crippen LogP contribution >= 0.6 is 0 Å². The summed E-state index contributed by atoms with van der Waals surface area (Å²) in [4.78, 5) is 9.80. The van der Waals surface area contributed by atoms with E-state index in [9.17, 15) is 0 Å². The lowest BCUT2D eigenvalue weighted by molar-refractivity contribution is -0.162. The molecule has 4 nitrogen and oxygen atoms in total. The highest BCUT2D eigenvalue weighted by atomic mass is 16.5. The minimum absolute atomic E-state index is 0.435. The summed E-state index contributed by atoms with van der Waals surface area (Å²) in [5.41, 5.74) is 1.64. The Morgan fingerprint density at radius 1 is 1.47 bits per heavy atom. The molecule has 0 aliphatic heterocycles. The third kappa shape index (κ3) is 2.21. The molecule has 1 aromatic rings. The standard InChI is InChI=1S/C15H25N3O/c1-3-19-14-8-13(15(14)6-4-5-7-15)18(2)10-12-9-16-11-17-12/h9,11,13-14H,3-8,10H2,1-2H3,(H,16,17)/t13-,14-/m0/s1. The van der Waals surface area contributed by atoms with Crippen molar-refractivity contribution in [3.8, 4) is 0 Å². The molecule has 0 radical (unpaired) electrons. The second-order valence-corrected chi connectivity index (χ2v) is 6.13. The SMILES string of the molecule is CCO[C@H]1C[C@H](N(C)Cc2cnc[nH]2)C12CCCC2. The number of aromatic amines is 1. The topological polar surface area (TPSA) is 41.1 Å². The molecule has 2 aliphatic carbocycles. The first kappa shape index (κ1) is 13.1. The van der Waals surface area contributed by atoms with Gasteiger partial charge in [0.05, 0.1) is 12.4 Å². The van der Waals surface area contributed by atoms with Gasteiger partial charge in [0.15, 0.2) is 0 Å². The second kappa shape index (κ2) is 5.25. The van der Waals surface area contributed by atoms with Crippen LogP contribution in [0.1, 0.15) is 44.7 Å². The molecule has 19 heavy (non-hydrogen) atoms. The molecular formula is C15H25N3O. The van der Waals surface area contributed by atoms with Crippen LogP contribution < -0.4 is 0 Å². The molecule has 0 unspecified atom stereocenters. The van der Waals surface area contributed by atoms with Crippen LogP contribution in [0.25, 0.3) is 0 Å². The van der Waals surface area contributed by atoms with Gasteiger partial charge in [0.1, 0.15) is 0 Å². The first-order valence-corrected chi connectivity index (χ1v) is 7.55. The van der Waals surface area contributed by atoms with Gasteiger partial charge in [-0.1, -0.05) is 12.8 Å². The van der Waals surface area contributed by atoms with Gasteiger partial charge < -0.3 is 9.72 Å². The van der Waals surface area contributed by atoms with Gasteiger partial charge in [0, 0.05) is 36.5 Å². The zero-order valence-electron chi connectivity index (χ0n) is 12.1. The van der Waals surface area contributed by atoms with Gasteiger partial charge in [-0.05, 0) is 33.2 Å². The zero-order valence-corrected chi connectivity index (χ0v) is 12.1. The number of nitrogens with one attached hydrogen (secondary N) is 1. The molecule has 1 spiro atoms. The smallest absolute Gasteiger partial charge is 0.0922 e. The third-order valence-corrected chi connectivity index (χ3v) is 5.15. The van der Waals surface area contributed by atoms with Crippen molar-refractivity contribution in [2.45, 2.75) is 57.7 Å². The molecule has 0 saturated heterocycles. The van der Waals surface area contributed by atoms with E-state index >= 15 is 0 Å². The van der Waals surface area contributed by atoms with Gasteiger partial charge in [-0.15, -0.1) is 0 Å². The first-order chi connectivity index (χ1) is 9.26. The van der Waals surface area contributed by atoms with Crippen LogP contribution in [0.5, 0.6) is 0 Å². The van der Waals surface area contributed by atoms with E-state index < -0.39 is 0 Å². The molecule has 106 valence electrons. The fourth-order valence-electron chi connectivity index (χ4n) is 4.22. The highest BCUT2D eigenvalue weighted by molar-refractivity contribution is 5.11. The maximum atomic E-state index is 5.98. The summed E-state index contributed by atoms with van der Waals surface area (Å²) < 4.78 is 5.98. The summed E-state index contributed by atoms with van der Waals surface area (Å²) in [7, 11) is 2.24. The number of hydrogen-bond donors (Lipinski definition) is 1. The maximum absolute atomic E-state index is 5.98. The van der Waals surface area contributed by atoms with Crippen LogP contribution in [-0.4, -0.2) is 40.7 Å². The van der Waals surface area contributed by atoms with Crippen LogP contribution in [0.4, 0.5) is 0 Å². The highest BCUT2D eigenvalue weighted by Gasteiger charge is 2.57. The van der Waals surface area contributed by atoms with E-state index in [1.54, 1.807) is 6.33 Å². The van der Waals surface area contributed by atoms with E-state index in [-0.39, 0.29) is 0 Å². The van der Waals surface area contributed by atoms with Crippen molar-refractivity contribution >= 4 is 0 Å². The summed E-state index contributed by atoms with van der Waals surface area (Å²) in [6.45, 7) is 3.93. The van der Waals surface area contributed by atoms with Gasteiger partial charge in [0.25, 0.3) is 0 Å². The monoisotopic (exact) mass is 263 g/mol. The summed E-state index contributed by atoms with van der Waals surface area (Å²) >= 11 is 0. The van der Waals surface area contributed by atoms with E-state index in [1.165, 1.54) is 37.8 Å². The average Bonchev–Trinajstić information content (AvgIpc) is 3.05. The van der Waals surface area contributed by atoms with Crippen molar-refractivity contribution in [2.24, 2.45) is 5.41 Å². The van der Waals surface area contributed by atoms with Crippen molar-refractivity contribution in [3.63, 3.8) is 0 Å². The predicted octanol–water partition coefficient (Wildman–Crippen LogP) is 2.58. The van der Waals surface area contributed by atoms with Crippen molar-refractivity contribution in [3.05, 3.63) is 18.2 Å². The average molecular weight is 263 g/mol. The van der Waals surface area contributed by atoms with Gasteiger partial charge in [-0.2, -0.15) is 0 Å². The van der Waals surface area contributed by atoms with Crippen molar-refractivity contribution in [1.82, 2.24) is 14.9 Å². The Bertz CT molecular complexity index is 398. The lowest BCUT2D eigenvalue weighted by Crippen LogP contribution is -2.62. The lowest BCUT2D eigenvalue weighted by Gasteiger charge is -2.57. The Morgan fingerprint density at radius 3 is 2.89 bits per heavy atom. The van der Waals surface area contributed by atoms with Gasteiger partial charge >= 0.3 is 0 Å². The lowest BCUT2D eigenvalue weighted by atomic mass is 9.60. The van der Waals surface area contributed by atoms with Gasteiger partial charge in [-0.3, -0.25) is 4.90 Å². The number of aromatic nitrogens is 2. The molecule has 1 aromatic heterocycles. The molecule has 0 aromatic carbocycles. The van der Waals surface area contributed by atoms with Gasteiger partial charge in [-0.25, -0.2) is 4.98 Å². The van der Waals surface area contributed by atoms with Crippen LogP contribution in [0.3, 0.4) is 0 Å². The quantitative estimate of drug-likeness (QED) is 0.887. The van der Waals surface area contributed by atoms with Crippen molar-refractivity contribution in [2.75, 3.05) is 13.7 Å². The van der Waals surface area contributed by atoms with E-state index in [2.05, 4.69) is 28.8 Å². The molecule has 1 N–H and O–H groups in total. The van der Waals surface area contributed by atoms with E-state index in [4.69, 9.17) is 4.74 Å². The second-order valence-electron chi connectivity index (χ2n) is 6.13. The molecule has 2 fully saturated rings. The summed E-state index contributed by atoms with van der Waals surface area (Å²) in [6.07, 6.45) is 10.8. The summed E-state index contributed by atoms with van der Waals surface area (Å²) in [6, 6.07) is 0.676. The Hall–Kier alpha value is -0.870. The zero-order chi connectivity index (χ0) is 13.3. The van der Waals surface area contributed by atoms with Crippen LogP contribution in [0.2, 0.25) is 0 Å². The van der Waals surface area contributed by atoms with Crippen molar-refractivity contribution in [1.29, 1.82) is 0 Å². The molecule has 0 bridgehead atoms. The highest BCUT2D eigenvalue weighted by Crippen LogP contribution is 2.56. The molecule has 2 aliphatic rings. The minimum atomic E-state index is 0.435. The molecule has 1 heterocycles. The predicted molar refractivity (Wildman–Crippen MR) is 74.8 cm³/mol. The van der Waals surface area contributed by atoms with Gasteiger partial charge in [0.2, 0.25) is 0 Å². The first-order valence-electron chi connectivity index (χ1n) is 7.55. The minimum Gasteiger partial charge on any atom is -0.378 e. The number of hydrogen-bond acceptors (Lipinski definition) is 3. The number of H-pyrrole nitrogens is 1. The Labute approximate surface area is 115 Å². The molecule has 2 saturated carbocycles. The van der Waals surface area contributed by atoms with Crippen LogP contribution in [0, 0.1) is 5.41 Å². The Balaban J connectivity index is 1.67. The molecule has 3 rings (SSSR count). The number of ether oxygens (including phenoxy) is 1. The van der Waals surface area contributed by atoms with Crippen LogP contribution in [-0.2, 0) is 11.3 Å². The number of nitrogens with zero attached hydrogens (tertiary/aromatic N) is 2. The Kier molecular flexibility index (Phi) is 3.63. The third-order valence-electron chi connectivity index (χ3n) is 5.15. The maximum Gasteiger partial charge on any atom is 0.0922 e. The van der Waals surface area contributed by atoms with E-state index in [1.807, 2.05) is 6.20 Å². The van der Waals surface area contributed by atoms with E-state index in [0.717, 1.165) is 13.2 Å². The van der Waals surface area contributed by atoms with Crippen molar-refractivity contribution < 1.29 is 4.74 Å².